The lowest BCUT2D eigenvalue weighted by Crippen LogP contribution is -2.33. The number of amidine groups is 1. The van der Waals surface area contributed by atoms with E-state index >= 15 is 0 Å². The summed E-state index contributed by atoms with van der Waals surface area (Å²) >= 11 is 0. The van der Waals surface area contributed by atoms with Gasteiger partial charge in [0.15, 0.2) is 11.5 Å². The van der Waals surface area contributed by atoms with E-state index in [1.165, 1.54) is 0 Å². The molecule has 2 aromatic rings. The smallest absolute Gasteiger partial charge is 0.291 e. The van der Waals surface area contributed by atoms with E-state index in [-0.39, 0.29) is 11.9 Å². The zero-order chi connectivity index (χ0) is 21.1. The van der Waals surface area contributed by atoms with E-state index in [1.54, 1.807) is 27.4 Å². The van der Waals surface area contributed by atoms with Crippen LogP contribution >= 0.6 is 0 Å². The van der Waals surface area contributed by atoms with Crippen molar-refractivity contribution in [2.24, 2.45) is 4.99 Å². The van der Waals surface area contributed by atoms with Crippen LogP contribution in [0.25, 0.3) is 0 Å². The Bertz CT molecular complexity index is 836. The topological polar surface area (TPSA) is 78.4 Å². The lowest BCUT2D eigenvalue weighted by Gasteiger charge is -2.11. The first-order chi connectivity index (χ1) is 14.1. The van der Waals surface area contributed by atoms with Gasteiger partial charge in [-0.05, 0) is 43.2 Å². The zero-order valence-corrected chi connectivity index (χ0v) is 17.4. The molecule has 0 unspecified atom stereocenters. The Hall–Kier alpha value is -3.06. The van der Waals surface area contributed by atoms with Crippen LogP contribution in [-0.2, 0) is 15.9 Å². The van der Waals surface area contributed by atoms with Crippen LogP contribution in [0.15, 0.2) is 47.5 Å². The van der Waals surface area contributed by atoms with Gasteiger partial charge in [0.25, 0.3) is 11.9 Å². The van der Waals surface area contributed by atoms with E-state index in [9.17, 15) is 4.79 Å². The van der Waals surface area contributed by atoms with Crippen molar-refractivity contribution in [1.82, 2.24) is 5.32 Å². The molecule has 0 saturated heterocycles. The maximum Gasteiger partial charge on any atom is 0.291 e. The van der Waals surface area contributed by atoms with E-state index in [4.69, 9.17) is 18.9 Å². The van der Waals surface area contributed by atoms with Crippen molar-refractivity contribution in [3.8, 4) is 11.5 Å². The summed E-state index contributed by atoms with van der Waals surface area (Å²) in [6.07, 6.45) is 0.651. The molecule has 2 rings (SSSR count). The van der Waals surface area contributed by atoms with Crippen molar-refractivity contribution in [1.29, 1.82) is 0 Å². The SMILES string of the molecule is COCCOC(=NCCc1ccc(OC)c(OC)c1)NC(=O)c1cccc(C)c1. The molecule has 0 atom stereocenters. The molecule has 0 radical (unpaired) electrons. The molecule has 0 aliphatic rings. The fourth-order valence-electron chi connectivity index (χ4n) is 2.62. The number of hydrogen-bond acceptors (Lipinski definition) is 6. The van der Waals surface area contributed by atoms with Crippen molar-refractivity contribution in [2.45, 2.75) is 13.3 Å². The minimum Gasteiger partial charge on any atom is -0.493 e. The number of aryl methyl sites for hydroxylation is 1. The highest BCUT2D eigenvalue weighted by Crippen LogP contribution is 2.27. The molecule has 7 nitrogen and oxygen atoms in total. The molecule has 0 heterocycles. The number of aliphatic imine (C=N–C) groups is 1. The van der Waals surface area contributed by atoms with E-state index in [1.807, 2.05) is 43.3 Å². The fraction of sp³-hybridized carbons (Fsp3) is 0.364. The quantitative estimate of drug-likeness (QED) is 0.398. The average Bonchev–Trinajstić information content (AvgIpc) is 2.73. The van der Waals surface area contributed by atoms with E-state index < -0.39 is 0 Å². The summed E-state index contributed by atoms with van der Waals surface area (Å²) < 4.78 is 21.1. The Morgan fingerprint density at radius 3 is 2.48 bits per heavy atom. The molecular formula is C22H28N2O5. The van der Waals surface area contributed by atoms with Crippen LogP contribution in [0, 0.1) is 6.92 Å². The number of nitrogens with zero attached hydrogens (tertiary/aromatic N) is 1. The Morgan fingerprint density at radius 1 is 1.00 bits per heavy atom. The normalized spacial score (nSPS) is 11.1. The average molecular weight is 400 g/mol. The van der Waals surface area contributed by atoms with Crippen LogP contribution in [0.5, 0.6) is 11.5 Å². The van der Waals surface area contributed by atoms with Crippen LogP contribution < -0.4 is 14.8 Å². The molecule has 0 aromatic heterocycles. The molecule has 0 bridgehead atoms. The molecule has 0 aliphatic heterocycles. The lowest BCUT2D eigenvalue weighted by atomic mass is 10.1. The molecule has 29 heavy (non-hydrogen) atoms. The number of ether oxygens (including phenoxy) is 4. The molecule has 1 amide bonds. The molecule has 156 valence electrons. The summed E-state index contributed by atoms with van der Waals surface area (Å²) in [5.41, 5.74) is 2.59. The molecular weight excluding hydrogens is 372 g/mol. The number of carbonyl (C=O) groups excluding carboxylic acids is 1. The third-order valence-electron chi connectivity index (χ3n) is 4.13. The number of benzene rings is 2. The summed E-state index contributed by atoms with van der Waals surface area (Å²) in [5, 5.41) is 2.74. The number of hydrogen-bond donors (Lipinski definition) is 1. The number of methoxy groups -OCH3 is 3. The summed E-state index contributed by atoms with van der Waals surface area (Å²) in [6, 6.07) is 13.2. The van der Waals surface area contributed by atoms with Gasteiger partial charge in [-0.3, -0.25) is 10.1 Å². The van der Waals surface area contributed by atoms with Gasteiger partial charge in [-0.25, -0.2) is 4.99 Å². The molecule has 0 aliphatic carbocycles. The minimum absolute atomic E-state index is 0.175. The minimum atomic E-state index is -0.268. The Labute approximate surface area is 171 Å². The van der Waals surface area contributed by atoms with Crippen molar-refractivity contribution >= 4 is 11.9 Å². The van der Waals surface area contributed by atoms with Crippen LogP contribution in [0.3, 0.4) is 0 Å². The van der Waals surface area contributed by atoms with Crippen LogP contribution in [-0.4, -0.2) is 53.0 Å². The number of nitrogens with one attached hydrogen (secondary N) is 1. The Kier molecular flexibility index (Phi) is 8.98. The zero-order valence-electron chi connectivity index (χ0n) is 17.4. The summed E-state index contributed by atoms with van der Waals surface area (Å²) in [4.78, 5) is 16.9. The molecule has 0 saturated carbocycles. The number of rotatable bonds is 9. The molecule has 2 aromatic carbocycles. The number of carbonyl (C=O) groups is 1. The maximum absolute atomic E-state index is 12.5. The van der Waals surface area contributed by atoms with Gasteiger partial charge in [-0.2, -0.15) is 0 Å². The lowest BCUT2D eigenvalue weighted by molar-refractivity contribution is 0.0954. The first-order valence-corrected chi connectivity index (χ1v) is 9.32. The first kappa shape index (κ1) is 22.2. The Morgan fingerprint density at radius 2 is 1.79 bits per heavy atom. The predicted molar refractivity (Wildman–Crippen MR) is 112 cm³/mol. The third kappa shape index (κ3) is 7.12. The highest BCUT2D eigenvalue weighted by molar-refractivity contribution is 6.04. The first-order valence-electron chi connectivity index (χ1n) is 9.32. The van der Waals surface area contributed by atoms with Gasteiger partial charge in [0.1, 0.15) is 6.61 Å². The van der Waals surface area contributed by atoms with E-state index in [0.717, 1.165) is 11.1 Å². The van der Waals surface area contributed by atoms with Gasteiger partial charge in [0.05, 0.1) is 20.8 Å². The van der Waals surface area contributed by atoms with Crippen LogP contribution in [0.4, 0.5) is 0 Å². The highest BCUT2D eigenvalue weighted by Gasteiger charge is 2.11. The van der Waals surface area contributed by atoms with Crippen molar-refractivity contribution < 1.29 is 23.7 Å². The summed E-state index contributed by atoms with van der Waals surface area (Å²) in [7, 11) is 4.79. The monoisotopic (exact) mass is 400 g/mol. The summed E-state index contributed by atoms with van der Waals surface area (Å²) in [5.74, 6) is 1.07. The second kappa shape index (κ2) is 11.7. The van der Waals surface area contributed by atoms with Gasteiger partial charge in [0, 0.05) is 19.2 Å². The van der Waals surface area contributed by atoms with Gasteiger partial charge in [0.2, 0.25) is 0 Å². The largest absolute Gasteiger partial charge is 0.493 e. The predicted octanol–water partition coefficient (Wildman–Crippen LogP) is 3.00. The molecule has 0 spiro atoms. The van der Waals surface area contributed by atoms with Crippen molar-refractivity contribution in [3.05, 3.63) is 59.2 Å². The third-order valence-corrected chi connectivity index (χ3v) is 4.13. The van der Waals surface area contributed by atoms with E-state index in [0.29, 0.717) is 43.2 Å². The highest BCUT2D eigenvalue weighted by atomic mass is 16.5. The summed E-state index contributed by atoms with van der Waals surface area (Å²) in [6.45, 7) is 3.06. The van der Waals surface area contributed by atoms with Crippen molar-refractivity contribution in [3.63, 3.8) is 0 Å². The van der Waals surface area contributed by atoms with Crippen molar-refractivity contribution in [2.75, 3.05) is 41.1 Å². The fourth-order valence-corrected chi connectivity index (χ4v) is 2.62. The Balaban J connectivity index is 2.04. The molecule has 7 heteroatoms. The number of amides is 1. The standard InChI is InChI=1S/C22H28N2O5/c1-16-6-5-7-18(14-16)21(25)24-22(29-13-12-26-2)23-11-10-17-8-9-19(27-3)20(15-17)28-4/h5-9,14-15H,10-13H2,1-4H3,(H,23,24,25). The van der Waals surface area contributed by atoms with Gasteiger partial charge in [-0.1, -0.05) is 23.8 Å². The van der Waals surface area contributed by atoms with Crippen LogP contribution in [0.1, 0.15) is 21.5 Å². The maximum atomic E-state index is 12.5. The molecule has 0 fully saturated rings. The van der Waals surface area contributed by atoms with Gasteiger partial charge >= 0.3 is 0 Å². The van der Waals surface area contributed by atoms with E-state index in [2.05, 4.69) is 10.3 Å². The van der Waals surface area contributed by atoms with Gasteiger partial charge in [-0.15, -0.1) is 0 Å². The second-order valence-electron chi connectivity index (χ2n) is 6.29. The van der Waals surface area contributed by atoms with Crippen LogP contribution in [0.2, 0.25) is 0 Å². The second-order valence-corrected chi connectivity index (χ2v) is 6.29. The molecule has 1 N–H and O–H groups in total. The van der Waals surface area contributed by atoms with Gasteiger partial charge < -0.3 is 18.9 Å².